The number of aliphatic imine (C=N–C) groups is 1. The molecule has 6 heteroatoms. The molecule has 3 N–H and O–H groups in total. The predicted octanol–water partition coefficient (Wildman–Crippen LogP) is 5.74. The van der Waals surface area contributed by atoms with Gasteiger partial charge in [0.2, 0.25) is 0 Å². The van der Waals surface area contributed by atoms with Gasteiger partial charge in [-0.25, -0.2) is 4.99 Å². The lowest BCUT2D eigenvalue weighted by Gasteiger charge is -2.47. The molecule has 1 aliphatic carbocycles. The summed E-state index contributed by atoms with van der Waals surface area (Å²) in [7, 11) is 0. The number of rotatable bonds is 8. The molecule has 0 unspecified atom stereocenters. The molecule has 2 fully saturated rings. The van der Waals surface area contributed by atoms with E-state index in [0.717, 1.165) is 69.9 Å². The molecule has 0 aromatic heterocycles. The number of amidine groups is 1. The maximum atomic E-state index is 8.33. The number of nitrogens with zero attached hydrogens (tertiary/aromatic N) is 3. The maximum absolute atomic E-state index is 8.33. The molecular formula is C30H45N5O. The second-order valence-electron chi connectivity index (χ2n) is 10.7. The zero-order valence-corrected chi connectivity index (χ0v) is 22.7. The first-order chi connectivity index (χ1) is 17.2. The number of ether oxygens (including phenoxy) is 1. The van der Waals surface area contributed by atoms with E-state index in [2.05, 4.69) is 68.7 Å². The quantitative estimate of drug-likeness (QED) is 0.210. The average molecular weight is 492 g/mol. The Hall–Kier alpha value is -2.86. The van der Waals surface area contributed by atoms with Crippen LogP contribution in [0.2, 0.25) is 0 Å². The lowest BCUT2D eigenvalue weighted by molar-refractivity contribution is 0.0678. The molecule has 196 valence electrons. The van der Waals surface area contributed by atoms with Crippen LogP contribution in [-0.4, -0.2) is 54.4 Å². The lowest BCUT2D eigenvalue weighted by atomic mass is 9.59. The number of benzene rings is 1. The fourth-order valence-corrected chi connectivity index (χ4v) is 5.55. The van der Waals surface area contributed by atoms with Gasteiger partial charge in [0, 0.05) is 19.6 Å². The van der Waals surface area contributed by atoms with Gasteiger partial charge in [0.05, 0.1) is 25.1 Å². The summed E-state index contributed by atoms with van der Waals surface area (Å²) in [6.45, 7) is 16.6. The average Bonchev–Trinajstić information content (AvgIpc) is 2.90. The predicted molar refractivity (Wildman–Crippen MR) is 151 cm³/mol. The molecule has 6 nitrogen and oxygen atoms in total. The first kappa shape index (κ1) is 27.7. The molecule has 1 saturated carbocycles. The molecule has 1 aromatic carbocycles. The monoisotopic (exact) mass is 491 g/mol. The third kappa shape index (κ3) is 6.88. The molecule has 1 saturated heterocycles. The molecule has 0 amide bonds. The first-order valence-corrected chi connectivity index (χ1v) is 13.2. The molecule has 0 atom stereocenters. The van der Waals surface area contributed by atoms with Crippen molar-refractivity contribution in [3.63, 3.8) is 0 Å². The topological polar surface area (TPSA) is 77.9 Å². The van der Waals surface area contributed by atoms with Crippen molar-refractivity contribution in [3.8, 4) is 0 Å². The van der Waals surface area contributed by atoms with E-state index >= 15 is 0 Å². The fraction of sp³-hybridized carbons (Fsp3) is 0.533. The largest absolute Gasteiger partial charge is 0.378 e. The summed E-state index contributed by atoms with van der Waals surface area (Å²) in [5, 5.41) is 8.33. The highest BCUT2D eigenvalue weighted by Crippen LogP contribution is 2.51. The van der Waals surface area contributed by atoms with Crippen LogP contribution in [0.5, 0.6) is 0 Å². The number of morpholine rings is 1. The van der Waals surface area contributed by atoms with Crippen molar-refractivity contribution >= 4 is 11.8 Å². The number of allylic oxidation sites excluding steroid dienone is 3. The van der Waals surface area contributed by atoms with Gasteiger partial charge in [-0.2, -0.15) is 0 Å². The summed E-state index contributed by atoms with van der Waals surface area (Å²) < 4.78 is 5.45. The van der Waals surface area contributed by atoms with Crippen LogP contribution in [0.3, 0.4) is 0 Å². The SMILES string of the molecule is C=C/C(=C\N=C(C)N1CCOCC1)N(CC1(C)CCC(Cc2ccccc2)(/C(C)=C/C)CC1)C(=N)N. The molecule has 1 aliphatic heterocycles. The van der Waals surface area contributed by atoms with Crippen molar-refractivity contribution < 1.29 is 4.74 Å². The zero-order valence-electron chi connectivity index (χ0n) is 22.7. The third-order valence-corrected chi connectivity index (χ3v) is 8.27. The molecule has 3 rings (SSSR count). The Labute approximate surface area is 218 Å². The van der Waals surface area contributed by atoms with E-state index in [-0.39, 0.29) is 16.8 Å². The van der Waals surface area contributed by atoms with Gasteiger partial charge in [-0.3, -0.25) is 5.41 Å². The van der Waals surface area contributed by atoms with Gasteiger partial charge in [0.15, 0.2) is 5.96 Å². The number of hydrogen-bond acceptors (Lipinski definition) is 3. The van der Waals surface area contributed by atoms with Crippen LogP contribution < -0.4 is 5.73 Å². The van der Waals surface area contributed by atoms with Gasteiger partial charge >= 0.3 is 0 Å². The zero-order chi connectivity index (χ0) is 26.2. The van der Waals surface area contributed by atoms with E-state index in [9.17, 15) is 0 Å². The van der Waals surface area contributed by atoms with Gasteiger partial charge in [0.1, 0.15) is 5.84 Å². The second-order valence-corrected chi connectivity index (χ2v) is 10.7. The van der Waals surface area contributed by atoms with Crippen molar-refractivity contribution in [1.82, 2.24) is 9.80 Å². The van der Waals surface area contributed by atoms with Gasteiger partial charge in [-0.15, -0.1) is 0 Å². The number of guanidine groups is 1. The van der Waals surface area contributed by atoms with Crippen LogP contribution in [0.1, 0.15) is 58.9 Å². The van der Waals surface area contributed by atoms with Crippen molar-refractivity contribution in [3.05, 3.63) is 72.1 Å². The summed E-state index contributed by atoms with van der Waals surface area (Å²) in [6, 6.07) is 10.9. The first-order valence-electron chi connectivity index (χ1n) is 13.2. The summed E-state index contributed by atoms with van der Waals surface area (Å²) in [6.07, 6.45) is 11.3. The van der Waals surface area contributed by atoms with E-state index in [1.807, 2.05) is 11.8 Å². The Morgan fingerprint density at radius 1 is 1.17 bits per heavy atom. The molecule has 0 bridgehead atoms. The van der Waals surface area contributed by atoms with Crippen LogP contribution in [0, 0.1) is 16.2 Å². The second kappa shape index (κ2) is 12.4. The van der Waals surface area contributed by atoms with Crippen molar-refractivity contribution in [2.75, 3.05) is 32.8 Å². The van der Waals surface area contributed by atoms with Crippen LogP contribution in [0.15, 0.2) is 71.5 Å². The Morgan fingerprint density at radius 2 is 1.81 bits per heavy atom. The highest BCUT2D eigenvalue weighted by molar-refractivity contribution is 5.81. The van der Waals surface area contributed by atoms with Crippen molar-refractivity contribution in [1.29, 1.82) is 5.41 Å². The minimum atomic E-state index is 0.0346. The van der Waals surface area contributed by atoms with Crippen LogP contribution in [0.4, 0.5) is 0 Å². The standard InChI is InChI=1S/C30H45N5O/c1-6-24(3)30(21-26-11-9-8-10-12-26)15-13-29(5,14-16-30)23-35(28(31)32)27(7-2)22-33-25(4)34-17-19-36-20-18-34/h6-12,22H,2,13-21,23H2,1,3-5H3,(H3,31,32)/b24-6+,27-22+,33-25?. The maximum Gasteiger partial charge on any atom is 0.193 e. The van der Waals surface area contributed by atoms with Crippen molar-refractivity contribution in [2.24, 2.45) is 21.6 Å². The normalized spacial score (nSPS) is 26.0. The van der Waals surface area contributed by atoms with Crippen molar-refractivity contribution in [2.45, 2.75) is 59.8 Å². The van der Waals surface area contributed by atoms with Gasteiger partial charge in [0.25, 0.3) is 0 Å². The van der Waals surface area contributed by atoms with Crippen LogP contribution in [0.25, 0.3) is 0 Å². The van der Waals surface area contributed by atoms with E-state index in [1.54, 1.807) is 12.3 Å². The number of nitrogens with two attached hydrogens (primary N) is 1. The Kier molecular flexibility index (Phi) is 9.55. The smallest absolute Gasteiger partial charge is 0.193 e. The van der Waals surface area contributed by atoms with Gasteiger partial charge in [-0.05, 0) is 75.3 Å². The summed E-state index contributed by atoms with van der Waals surface area (Å²) in [5.74, 6) is 0.977. The Balaban J connectivity index is 1.75. The minimum Gasteiger partial charge on any atom is -0.378 e. The highest BCUT2D eigenvalue weighted by Gasteiger charge is 2.42. The molecule has 0 spiro atoms. The number of nitrogens with one attached hydrogen (secondary N) is 1. The molecule has 1 heterocycles. The Bertz CT molecular complexity index is 980. The van der Waals surface area contributed by atoms with Gasteiger partial charge < -0.3 is 20.3 Å². The molecular weight excluding hydrogens is 446 g/mol. The molecule has 0 radical (unpaired) electrons. The third-order valence-electron chi connectivity index (χ3n) is 8.27. The van der Waals surface area contributed by atoms with Crippen LogP contribution in [-0.2, 0) is 11.2 Å². The lowest BCUT2D eigenvalue weighted by Crippen LogP contribution is -2.45. The summed E-state index contributed by atoms with van der Waals surface area (Å²) >= 11 is 0. The van der Waals surface area contributed by atoms with E-state index in [0.29, 0.717) is 6.54 Å². The highest BCUT2D eigenvalue weighted by atomic mass is 16.5. The van der Waals surface area contributed by atoms with E-state index < -0.39 is 0 Å². The van der Waals surface area contributed by atoms with E-state index in [4.69, 9.17) is 20.9 Å². The molecule has 36 heavy (non-hydrogen) atoms. The van der Waals surface area contributed by atoms with Gasteiger partial charge in [-0.1, -0.05) is 55.5 Å². The molecule has 1 aromatic rings. The number of hydrogen-bond donors (Lipinski definition) is 2. The molecule has 2 aliphatic rings. The fourth-order valence-electron chi connectivity index (χ4n) is 5.55. The summed E-state index contributed by atoms with van der Waals surface area (Å²) in [4.78, 5) is 8.78. The minimum absolute atomic E-state index is 0.0346. The summed E-state index contributed by atoms with van der Waals surface area (Å²) in [5.41, 5.74) is 9.98. The van der Waals surface area contributed by atoms with Crippen LogP contribution >= 0.6 is 0 Å². The van der Waals surface area contributed by atoms with E-state index in [1.165, 1.54) is 11.1 Å². The Morgan fingerprint density at radius 3 is 2.36 bits per heavy atom.